The number of sulfonamides is 1. The van der Waals surface area contributed by atoms with Crippen LogP contribution in [0.25, 0.3) is 0 Å². The first-order chi connectivity index (χ1) is 8.58. The summed E-state index contributed by atoms with van der Waals surface area (Å²) in [5.41, 5.74) is -0.923. The first kappa shape index (κ1) is 15.3. The molecule has 1 aromatic rings. The lowest BCUT2D eigenvalue weighted by molar-refractivity contribution is -0.137. The van der Waals surface area contributed by atoms with E-state index in [1.165, 1.54) is 6.07 Å². The lowest BCUT2D eigenvalue weighted by atomic mass is 10.2. The van der Waals surface area contributed by atoms with E-state index >= 15 is 0 Å². The Kier molecular flexibility index (Phi) is 4.40. The number of halogens is 3. The molecule has 0 aliphatic rings. The second kappa shape index (κ2) is 5.47. The van der Waals surface area contributed by atoms with E-state index in [-0.39, 0.29) is 5.75 Å². The van der Waals surface area contributed by atoms with Gasteiger partial charge in [-0.15, -0.1) is 0 Å². The van der Waals surface area contributed by atoms with Crippen LogP contribution in [-0.4, -0.2) is 27.2 Å². The molecule has 0 unspecified atom stereocenters. The number of carbonyl (C=O) groups excluding carboxylic acids is 1. The molecule has 0 aromatic heterocycles. The lowest BCUT2D eigenvalue weighted by Crippen LogP contribution is -2.33. The summed E-state index contributed by atoms with van der Waals surface area (Å²) >= 11 is 0. The van der Waals surface area contributed by atoms with E-state index in [0.29, 0.717) is 6.07 Å². The number of hydrogen-bond acceptors (Lipinski definition) is 4. The number of hydrogen-bond donors (Lipinski definition) is 1. The molecule has 19 heavy (non-hydrogen) atoms. The maximum Gasteiger partial charge on any atom is 0.416 e. The number of amides is 1. The van der Waals surface area contributed by atoms with Crippen molar-refractivity contribution in [2.45, 2.75) is 6.18 Å². The van der Waals surface area contributed by atoms with Gasteiger partial charge >= 0.3 is 6.18 Å². The van der Waals surface area contributed by atoms with Crippen LogP contribution in [0.15, 0.2) is 24.3 Å². The van der Waals surface area contributed by atoms with Gasteiger partial charge in [0.15, 0.2) is 6.61 Å². The Morgan fingerprint density at radius 3 is 2.53 bits per heavy atom. The summed E-state index contributed by atoms with van der Waals surface area (Å²) < 4.78 is 64.9. The van der Waals surface area contributed by atoms with Crippen molar-refractivity contribution in [1.29, 1.82) is 0 Å². The van der Waals surface area contributed by atoms with E-state index in [0.717, 1.165) is 18.4 Å². The molecule has 1 rings (SSSR count). The molecule has 0 saturated carbocycles. The number of ether oxygens (including phenoxy) is 1. The van der Waals surface area contributed by atoms with Crippen molar-refractivity contribution in [3.63, 3.8) is 0 Å². The molecule has 1 amide bonds. The Hall–Kier alpha value is -1.77. The van der Waals surface area contributed by atoms with Gasteiger partial charge in [-0.2, -0.15) is 13.2 Å². The Balaban J connectivity index is 2.67. The van der Waals surface area contributed by atoms with Crippen LogP contribution in [0, 0.1) is 0 Å². The zero-order chi connectivity index (χ0) is 14.7. The summed E-state index contributed by atoms with van der Waals surface area (Å²) in [4.78, 5) is 11.1. The Labute approximate surface area is 107 Å². The van der Waals surface area contributed by atoms with Crippen LogP contribution in [0.4, 0.5) is 13.2 Å². The standard InChI is InChI=1S/C10H10F3NO4S/c1-19(16,17)14-9(15)6-18-8-4-2-3-7(5-8)10(11,12)13/h2-5H,6H2,1H3,(H,14,15). The second-order valence-electron chi connectivity index (χ2n) is 3.61. The SMILES string of the molecule is CS(=O)(=O)NC(=O)COc1cccc(C(F)(F)F)c1. The molecule has 0 fully saturated rings. The molecule has 0 heterocycles. The monoisotopic (exact) mass is 297 g/mol. The minimum absolute atomic E-state index is 0.182. The molecule has 0 atom stereocenters. The summed E-state index contributed by atoms with van der Waals surface area (Å²) in [6.45, 7) is -0.700. The van der Waals surface area contributed by atoms with Gasteiger partial charge in [0.2, 0.25) is 10.0 Å². The number of rotatable bonds is 4. The van der Waals surface area contributed by atoms with E-state index in [1.807, 2.05) is 0 Å². The van der Waals surface area contributed by atoms with Crippen molar-refractivity contribution in [1.82, 2.24) is 4.72 Å². The fourth-order valence-corrected chi connectivity index (χ4v) is 1.62. The summed E-state index contributed by atoms with van der Waals surface area (Å²) in [6, 6.07) is 3.91. The van der Waals surface area contributed by atoms with Crippen LogP contribution in [-0.2, 0) is 21.0 Å². The van der Waals surface area contributed by atoms with E-state index in [4.69, 9.17) is 4.74 Å². The molecule has 0 aliphatic heterocycles. The summed E-state index contributed by atoms with van der Waals surface area (Å²) in [5.74, 6) is -1.15. The van der Waals surface area contributed by atoms with Gasteiger partial charge in [0.1, 0.15) is 5.75 Å². The lowest BCUT2D eigenvalue weighted by Gasteiger charge is -2.09. The van der Waals surface area contributed by atoms with Gasteiger partial charge in [-0.05, 0) is 18.2 Å². The smallest absolute Gasteiger partial charge is 0.416 e. The average Bonchev–Trinajstić information content (AvgIpc) is 2.23. The minimum Gasteiger partial charge on any atom is -0.484 e. The van der Waals surface area contributed by atoms with Crippen LogP contribution < -0.4 is 9.46 Å². The van der Waals surface area contributed by atoms with Gasteiger partial charge < -0.3 is 4.74 Å². The van der Waals surface area contributed by atoms with Crippen molar-refractivity contribution >= 4 is 15.9 Å². The maximum absolute atomic E-state index is 12.4. The number of nitrogens with one attached hydrogen (secondary N) is 1. The first-order valence-electron chi connectivity index (χ1n) is 4.88. The Bertz CT molecular complexity index is 568. The predicted octanol–water partition coefficient (Wildman–Crippen LogP) is 1.16. The van der Waals surface area contributed by atoms with Crippen molar-refractivity contribution in [2.75, 3.05) is 12.9 Å². The third-order valence-corrected chi connectivity index (χ3v) is 2.43. The highest BCUT2D eigenvalue weighted by Gasteiger charge is 2.30. The van der Waals surface area contributed by atoms with E-state index in [9.17, 15) is 26.4 Å². The fraction of sp³-hybridized carbons (Fsp3) is 0.300. The van der Waals surface area contributed by atoms with E-state index < -0.39 is 34.3 Å². The third-order valence-electron chi connectivity index (χ3n) is 1.83. The molecule has 0 spiro atoms. The van der Waals surface area contributed by atoms with Crippen molar-refractivity contribution in [2.24, 2.45) is 0 Å². The number of benzene rings is 1. The molecule has 0 aliphatic carbocycles. The summed E-state index contributed by atoms with van der Waals surface area (Å²) in [7, 11) is -3.72. The van der Waals surface area contributed by atoms with Gasteiger partial charge in [0, 0.05) is 0 Å². The molecule has 0 saturated heterocycles. The first-order valence-corrected chi connectivity index (χ1v) is 6.78. The summed E-state index contributed by atoms with van der Waals surface area (Å²) in [6.07, 6.45) is -3.75. The van der Waals surface area contributed by atoms with Crippen LogP contribution in [0.1, 0.15) is 5.56 Å². The van der Waals surface area contributed by atoms with Crippen LogP contribution in [0.3, 0.4) is 0 Å². The largest absolute Gasteiger partial charge is 0.484 e. The molecular weight excluding hydrogens is 287 g/mol. The Morgan fingerprint density at radius 2 is 2.00 bits per heavy atom. The third kappa shape index (κ3) is 5.60. The van der Waals surface area contributed by atoms with Crippen molar-refractivity contribution in [3.05, 3.63) is 29.8 Å². The summed E-state index contributed by atoms with van der Waals surface area (Å²) in [5, 5.41) is 0. The molecule has 5 nitrogen and oxygen atoms in total. The highest BCUT2D eigenvalue weighted by atomic mass is 32.2. The minimum atomic E-state index is -4.52. The second-order valence-corrected chi connectivity index (χ2v) is 5.36. The Morgan fingerprint density at radius 1 is 1.37 bits per heavy atom. The number of carbonyl (C=O) groups is 1. The zero-order valence-corrected chi connectivity index (χ0v) is 10.5. The van der Waals surface area contributed by atoms with Gasteiger partial charge in [0.05, 0.1) is 11.8 Å². The highest BCUT2D eigenvalue weighted by Crippen LogP contribution is 2.31. The van der Waals surface area contributed by atoms with Crippen LogP contribution in [0.5, 0.6) is 5.75 Å². The van der Waals surface area contributed by atoms with Crippen LogP contribution >= 0.6 is 0 Å². The van der Waals surface area contributed by atoms with Gasteiger partial charge in [0.25, 0.3) is 5.91 Å². The van der Waals surface area contributed by atoms with Crippen LogP contribution in [0.2, 0.25) is 0 Å². The molecule has 9 heteroatoms. The van der Waals surface area contributed by atoms with Gasteiger partial charge in [-0.25, -0.2) is 8.42 Å². The molecule has 1 aromatic carbocycles. The maximum atomic E-state index is 12.4. The topological polar surface area (TPSA) is 72.5 Å². The van der Waals surface area contributed by atoms with E-state index in [1.54, 1.807) is 4.72 Å². The predicted molar refractivity (Wildman–Crippen MR) is 59.9 cm³/mol. The molecule has 106 valence electrons. The van der Waals surface area contributed by atoms with E-state index in [2.05, 4.69) is 0 Å². The van der Waals surface area contributed by atoms with Crippen molar-refractivity contribution < 1.29 is 31.1 Å². The molecule has 1 N–H and O–H groups in total. The molecule has 0 bridgehead atoms. The number of alkyl halides is 3. The van der Waals surface area contributed by atoms with Crippen molar-refractivity contribution in [3.8, 4) is 5.75 Å². The zero-order valence-electron chi connectivity index (χ0n) is 9.69. The quantitative estimate of drug-likeness (QED) is 0.905. The normalized spacial score (nSPS) is 12.0. The molecule has 0 radical (unpaired) electrons. The van der Waals surface area contributed by atoms with Gasteiger partial charge in [-0.3, -0.25) is 9.52 Å². The fourth-order valence-electron chi connectivity index (χ4n) is 1.15. The molecular formula is C10H10F3NO4S. The highest BCUT2D eigenvalue weighted by molar-refractivity contribution is 7.89. The van der Waals surface area contributed by atoms with Gasteiger partial charge in [-0.1, -0.05) is 6.07 Å². The average molecular weight is 297 g/mol.